The molecule has 1 fully saturated rings. The number of carbonyl (C=O) groups excluding carboxylic acids is 2. The van der Waals surface area contributed by atoms with Crippen LogP contribution in [-0.2, 0) is 9.59 Å². The molecule has 1 aliphatic rings. The van der Waals surface area contributed by atoms with E-state index in [0.717, 1.165) is 6.07 Å². The van der Waals surface area contributed by atoms with Crippen molar-refractivity contribution in [1.29, 1.82) is 5.26 Å². The average molecular weight is 428 g/mol. The van der Waals surface area contributed by atoms with Gasteiger partial charge in [0, 0.05) is 5.69 Å². The molecule has 0 aliphatic carbocycles. The van der Waals surface area contributed by atoms with E-state index in [1.807, 2.05) is 6.07 Å². The number of nitrogens with zero attached hydrogens (tertiary/aromatic N) is 2. The number of hydrogen-bond donors (Lipinski definition) is 1. The lowest BCUT2D eigenvalue weighted by atomic mass is 9.95. The van der Waals surface area contributed by atoms with E-state index in [0.29, 0.717) is 16.8 Å². The van der Waals surface area contributed by atoms with Crippen molar-refractivity contribution in [2.45, 2.75) is 6.04 Å². The van der Waals surface area contributed by atoms with Gasteiger partial charge in [0.2, 0.25) is 0 Å². The second kappa shape index (κ2) is 8.36. The molecule has 1 amide bonds. The van der Waals surface area contributed by atoms with Gasteiger partial charge >= 0.3 is 0 Å². The Morgan fingerprint density at radius 2 is 1.75 bits per heavy atom. The lowest BCUT2D eigenvalue weighted by molar-refractivity contribution is -0.132. The molecule has 1 unspecified atom stereocenters. The molecule has 1 saturated heterocycles. The van der Waals surface area contributed by atoms with Gasteiger partial charge in [-0.15, -0.1) is 0 Å². The first-order valence-electron chi connectivity index (χ1n) is 9.66. The van der Waals surface area contributed by atoms with Gasteiger partial charge in [0.15, 0.2) is 0 Å². The number of Topliss-reactive ketones (excluding diaryl/α,β-unsaturated/α-hetero) is 1. The second-order valence-corrected chi connectivity index (χ2v) is 7.08. The fourth-order valence-electron chi connectivity index (χ4n) is 3.76. The molecule has 7 heteroatoms. The Balaban J connectivity index is 1.96. The number of aliphatic hydroxyl groups is 1. The average Bonchev–Trinajstić information content (AvgIpc) is 3.09. The van der Waals surface area contributed by atoms with Gasteiger partial charge in [-0.25, -0.2) is 4.39 Å². The summed E-state index contributed by atoms with van der Waals surface area (Å²) < 4.78 is 19.2. The molecular formula is C25H17FN2O4. The third-order valence-electron chi connectivity index (χ3n) is 5.25. The molecule has 1 heterocycles. The minimum Gasteiger partial charge on any atom is -0.507 e. The molecular weight excluding hydrogens is 411 g/mol. The number of carbonyl (C=O) groups is 2. The van der Waals surface area contributed by atoms with E-state index in [2.05, 4.69) is 0 Å². The number of anilines is 1. The van der Waals surface area contributed by atoms with Crippen molar-refractivity contribution in [3.05, 3.63) is 101 Å². The SMILES string of the molecule is COc1ccc(F)cc1/C(O)=C1\C(=O)C(=O)N(c2ccc(C#N)cc2)C1c1ccccc1. The van der Waals surface area contributed by atoms with E-state index >= 15 is 0 Å². The maximum atomic E-state index is 14.0. The molecule has 4 rings (SSSR count). The summed E-state index contributed by atoms with van der Waals surface area (Å²) in [6.45, 7) is 0. The summed E-state index contributed by atoms with van der Waals surface area (Å²) in [6, 6.07) is 19.5. The van der Waals surface area contributed by atoms with Crippen molar-refractivity contribution >= 4 is 23.1 Å². The zero-order valence-electron chi connectivity index (χ0n) is 16.9. The van der Waals surface area contributed by atoms with Crippen molar-refractivity contribution in [2.75, 3.05) is 12.0 Å². The van der Waals surface area contributed by atoms with Crippen LogP contribution in [0.25, 0.3) is 5.76 Å². The van der Waals surface area contributed by atoms with Crippen LogP contribution in [0.4, 0.5) is 10.1 Å². The van der Waals surface area contributed by atoms with E-state index in [1.165, 1.54) is 36.3 Å². The Morgan fingerprint density at radius 3 is 2.38 bits per heavy atom. The standard InChI is InChI=1S/C25H17FN2O4/c1-32-20-12-9-17(26)13-19(20)23(29)21-22(16-5-3-2-4-6-16)28(25(31)24(21)30)18-10-7-15(14-27)8-11-18/h2-13,22,29H,1H3/b23-21+. The van der Waals surface area contributed by atoms with Crippen molar-refractivity contribution in [3.8, 4) is 11.8 Å². The van der Waals surface area contributed by atoms with Crippen LogP contribution in [0.15, 0.2) is 78.4 Å². The van der Waals surface area contributed by atoms with E-state index < -0.39 is 29.3 Å². The Morgan fingerprint density at radius 1 is 1.06 bits per heavy atom. The number of halogens is 1. The summed E-state index contributed by atoms with van der Waals surface area (Å²) in [7, 11) is 1.36. The monoisotopic (exact) mass is 428 g/mol. The Hall–Kier alpha value is -4.44. The van der Waals surface area contributed by atoms with E-state index in [4.69, 9.17) is 10.00 Å². The molecule has 1 N–H and O–H groups in total. The Labute approximate surface area is 183 Å². The highest BCUT2D eigenvalue weighted by Gasteiger charge is 2.47. The molecule has 0 aromatic heterocycles. The number of rotatable bonds is 4. The highest BCUT2D eigenvalue weighted by atomic mass is 19.1. The number of hydrogen-bond acceptors (Lipinski definition) is 5. The zero-order valence-corrected chi connectivity index (χ0v) is 16.9. The molecule has 1 atom stereocenters. The first kappa shape index (κ1) is 20.8. The quantitative estimate of drug-likeness (QED) is 0.379. The zero-order chi connectivity index (χ0) is 22.8. The normalized spacial score (nSPS) is 17.3. The number of benzene rings is 3. The van der Waals surface area contributed by atoms with Gasteiger partial charge in [0.05, 0.1) is 35.9 Å². The largest absolute Gasteiger partial charge is 0.507 e. The van der Waals surface area contributed by atoms with Crippen LogP contribution < -0.4 is 9.64 Å². The predicted octanol–water partition coefficient (Wildman–Crippen LogP) is 4.33. The molecule has 0 spiro atoms. The highest BCUT2D eigenvalue weighted by Crippen LogP contribution is 2.43. The molecule has 3 aromatic carbocycles. The summed E-state index contributed by atoms with van der Waals surface area (Å²) in [5.41, 5.74) is 1.13. The van der Waals surface area contributed by atoms with Crippen LogP contribution in [0.1, 0.15) is 22.7 Å². The van der Waals surface area contributed by atoms with Crippen molar-refractivity contribution in [1.82, 2.24) is 0 Å². The number of ketones is 1. The fourth-order valence-corrected chi connectivity index (χ4v) is 3.76. The van der Waals surface area contributed by atoms with Gasteiger partial charge in [-0.1, -0.05) is 30.3 Å². The smallest absolute Gasteiger partial charge is 0.300 e. The molecule has 6 nitrogen and oxygen atoms in total. The van der Waals surface area contributed by atoms with Gasteiger partial charge in [-0.3, -0.25) is 14.5 Å². The maximum Gasteiger partial charge on any atom is 0.300 e. The van der Waals surface area contributed by atoms with E-state index in [9.17, 15) is 19.1 Å². The minimum absolute atomic E-state index is 0.0359. The van der Waals surface area contributed by atoms with Crippen LogP contribution in [0.3, 0.4) is 0 Å². The number of ether oxygens (including phenoxy) is 1. The molecule has 3 aromatic rings. The number of nitriles is 1. The Kier molecular flexibility index (Phi) is 5.44. The summed E-state index contributed by atoms with van der Waals surface area (Å²) in [4.78, 5) is 27.4. The lowest BCUT2D eigenvalue weighted by Crippen LogP contribution is -2.29. The molecule has 0 bridgehead atoms. The number of aliphatic hydroxyl groups excluding tert-OH is 1. The van der Waals surface area contributed by atoms with Crippen molar-refractivity contribution in [2.24, 2.45) is 0 Å². The number of amides is 1. The molecule has 0 saturated carbocycles. The van der Waals surface area contributed by atoms with Crippen molar-refractivity contribution < 1.29 is 23.8 Å². The second-order valence-electron chi connectivity index (χ2n) is 7.08. The summed E-state index contributed by atoms with van der Waals surface area (Å²) >= 11 is 0. The molecule has 32 heavy (non-hydrogen) atoms. The van der Waals surface area contributed by atoms with Gasteiger partial charge < -0.3 is 9.84 Å². The summed E-state index contributed by atoms with van der Waals surface area (Å²) in [5, 5.41) is 20.2. The minimum atomic E-state index is -0.961. The van der Waals surface area contributed by atoms with Gasteiger partial charge in [-0.2, -0.15) is 5.26 Å². The Bertz CT molecular complexity index is 1280. The maximum absolute atomic E-state index is 14.0. The van der Waals surface area contributed by atoms with Gasteiger partial charge in [-0.05, 0) is 48.0 Å². The molecule has 0 radical (unpaired) electrons. The topological polar surface area (TPSA) is 90.6 Å². The van der Waals surface area contributed by atoms with Crippen LogP contribution in [0, 0.1) is 17.1 Å². The highest BCUT2D eigenvalue weighted by molar-refractivity contribution is 6.51. The fraction of sp³-hybridized carbons (Fsp3) is 0.0800. The van der Waals surface area contributed by atoms with Crippen LogP contribution in [0.5, 0.6) is 5.75 Å². The third-order valence-corrected chi connectivity index (χ3v) is 5.25. The molecule has 158 valence electrons. The van der Waals surface area contributed by atoms with Crippen LogP contribution >= 0.6 is 0 Å². The van der Waals surface area contributed by atoms with E-state index in [1.54, 1.807) is 42.5 Å². The van der Waals surface area contributed by atoms with Crippen molar-refractivity contribution in [3.63, 3.8) is 0 Å². The van der Waals surface area contributed by atoms with E-state index in [-0.39, 0.29) is 16.9 Å². The molecule has 1 aliphatic heterocycles. The predicted molar refractivity (Wildman–Crippen MR) is 115 cm³/mol. The number of methoxy groups -OCH3 is 1. The van der Waals surface area contributed by atoms with Gasteiger partial charge in [0.25, 0.3) is 11.7 Å². The lowest BCUT2D eigenvalue weighted by Gasteiger charge is -2.25. The summed E-state index contributed by atoms with van der Waals surface area (Å²) in [5.74, 6) is -2.78. The first-order valence-corrected chi connectivity index (χ1v) is 9.66. The first-order chi connectivity index (χ1) is 15.5. The van der Waals surface area contributed by atoms with Crippen LogP contribution in [-0.4, -0.2) is 23.9 Å². The van der Waals surface area contributed by atoms with Crippen LogP contribution in [0.2, 0.25) is 0 Å². The third kappa shape index (κ3) is 3.48. The summed E-state index contributed by atoms with van der Waals surface area (Å²) in [6.07, 6.45) is 0. The van der Waals surface area contributed by atoms with Gasteiger partial charge in [0.1, 0.15) is 17.3 Å².